The van der Waals surface area contributed by atoms with Gasteiger partial charge in [0.05, 0.1) is 31.4 Å². The maximum Gasteiger partial charge on any atom is 0.264 e. The van der Waals surface area contributed by atoms with Gasteiger partial charge < -0.3 is 24.4 Å². The van der Waals surface area contributed by atoms with Crippen LogP contribution < -0.4 is 23.8 Å². The van der Waals surface area contributed by atoms with Gasteiger partial charge in [-0.15, -0.1) is 0 Å². The topological polar surface area (TPSA) is 114 Å². The fourth-order valence-electron chi connectivity index (χ4n) is 4.69. The van der Waals surface area contributed by atoms with Crippen molar-refractivity contribution in [1.82, 2.24) is 10.2 Å². The van der Waals surface area contributed by atoms with Gasteiger partial charge in [-0.3, -0.25) is 13.9 Å². The number of carbonyl (C=O) groups is 2. The molecule has 232 valence electrons. The fraction of sp³-hybridized carbons (Fsp3) is 0.375. The van der Waals surface area contributed by atoms with E-state index >= 15 is 0 Å². The monoisotopic (exact) mass is 611 g/mol. The number of methoxy groups -OCH3 is 2. The van der Waals surface area contributed by atoms with Crippen LogP contribution in [0.5, 0.6) is 17.2 Å². The zero-order chi connectivity index (χ0) is 31.6. The van der Waals surface area contributed by atoms with E-state index in [2.05, 4.69) is 5.32 Å². The smallest absolute Gasteiger partial charge is 0.264 e. The zero-order valence-corrected chi connectivity index (χ0v) is 26.4. The zero-order valence-electron chi connectivity index (χ0n) is 25.6. The summed E-state index contributed by atoms with van der Waals surface area (Å²) in [7, 11) is -1.43. The molecule has 0 fully saturated rings. The molecule has 0 saturated carbocycles. The van der Waals surface area contributed by atoms with Crippen molar-refractivity contribution >= 4 is 27.5 Å². The molecule has 11 heteroatoms. The quantitative estimate of drug-likeness (QED) is 0.268. The summed E-state index contributed by atoms with van der Waals surface area (Å²) < 4.78 is 45.6. The van der Waals surface area contributed by atoms with E-state index in [0.717, 1.165) is 15.4 Å². The number of carbonyl (C=O) groups excluding carboxylic acids is 2. The maximum atomic E-state index is 14.2. The summed E-state index contributed by atoms with van der Waals surface area (Å²) in [6.45, 7) is 7.83. The first-order chi connectivity index (χ1) is 20.6. The molecule has 0 bridgehead atoms. The second-order valence-electron chi connectivity index (χ2n) is 9.72. The van der Waals surface area contributed by atoms with Crippen LogP contribution in [-0.2, 0) is 26.2 Å². The number of ether oxygens (including phenoxy) is 3. The number of benzene rings is 3. The Balaban J connectivity index is 2.12. The molecule has 0 spiro atoms. The van der Waals surface area contributed by atoms with Gasteiger partial charge in [0.2, 0.25) is 11.8 Å². The van der Waals surface area contributed by atoms with Crippen LogP contribution in [0.15, 0.2) is 71.6 Å². The van der Waals surface area contributed by atoms with Crippen LogP contribution in [0.2, 0.25) is 0 Å². The fourth-order valence-corrected chi connectivity index (χ4v) is 6.12. The summed E-state index contributed by atoms with van der Waals surface area (Å²) in [5, 5.41) is 2.81. The number of likely N-dealkylation sites (N-methyl/N-ethyl adjacent to an activating group) is 1. The Kier molecular flexibility index (Phi) is 11.8. The van der Waals surface area contributed by atoms with E-state index in [-0.39, 0.29) is 28.8 Å². The largest absolute Gasteiger partial charge is 0.494 e. The van der Waals surface area contributed by atoms with Crippen molar-refractivity contribution in [1.29, 1.82) is 0 Å². The van der Waals surface area contributed by atoms with Gasteiger partial charge in [0.1, 0.15) is 18.3 Å². The maximum absolute atomic E-state index is 14.2. The molecule has 10 nitrogen and oxygen atoms in total. The normalized spacial score (nSPS) is 11.8. The lowest BCUT2D eigenvalue weighted by atomic mass is 10.1. The second kappa shape index (κ2) is 15.3. The lowest BCUT2D eigenvalue weighted by Gasteiger charge is -2.33. The number of sulfonamides is 1. The number of amides is 2. The van der Waals surface area contributed by atoms with Gasteiger partial charge in [-0.2, -0.15) is 0 Å². The predicted octanol–water partition coefficient (Wildman–Crippen LogP) is 4.55. The average Bonchev–Trinajstić information content (AvgIpc) is 3.00. The van der Waals surface area contributed by atoms with E-state index in [4.69, 9.17) is 14.2 Å². The van der Waals surface area contributed by atoms with Crippen LogP contribution in [0.1, 0.15) is 38.3 Å². The first-order valence-electron chi connectivity index (χ1n) is 14.2. The minimum absolute atomic E-state index is 0.0898. The highest BCUT2D eigenvalue weighted by Crippen LogP contribution is 2.33. The number of nitrogens with zero attached hydrogens (tertiary/aromatic N) is 2. The molecule has 3 aromatic carbocycles. The minimum Gasteiger partial charge on any atom is -0.494 e. The Morgan fingerprint density at radius 1 is 0.907 bits per heavy atom. The molecule has 0 aromatic heterocycles. The Morgan fingerprint density at radius 2 is 1.58 bits per heavy atom. The molecule has 3 aromatic rings. The molecule has 2 amide bonds. The molecule has 3 rings (SSSR count). The Bertz CT molecular complexity index is 1490. The Labute approximate surface area is 254 Å². The van der Waals surface area contributed by atoms with Gasteiger partial charge in [-0.1, -0.05) is 31.2 Å². The molecule has 0 aliphatic rings. The van der Waals surface area contributed by atoms with Crippen molar-refractivity contribution in [3.8, 4) is 17.2 Å². The molecular weight excluding hydrogens is 570 g/mol. The van der Waals surface area contributed by atoms with Crippen molar-refractivity contribution in [3.63, 3.8) is 0 Å². The highest BCUT2D eigenvalue weighted by Gasteiger charge is 2.34. The summed E-state index contributed by atoms with van der Waals surface area (Å²) in [4.78, 5) is 28.7. The third-order valence-corrected chi connectivity index (χ3v) is 8.77. The van der Waals surface area contributed by atoms with Crippen molar-refractivity contribution < 1.29 is 32.2 Å². The highest BCUT2D eigenvalue weighted by atomic mass is 32.2. The molecule has 0 heterocycles. The van der Waals surface area contributed by atoms with Gasteiger partial charge in [-0.05, 0) is 74.7 Å². The van der Waals surface area contributed by atoms with E-state index in [1.807, 2.05) is 52.0 Å². The van der Waals surface area contributed by atoms with E-state index in [9.17, 15) is 18.0 Å². The molecule has 0 aliphatic heterocycles. The molecule has 1 N–H and O–H groups in total. The van der Waals surface area contributed by atoms with E-state index < -0.39 is 28.5 Å². The number of nitrogens with one attached hydrogen (secondary N) is 1. The summed E-state index contributed by atoms with van der Waals surface area (Å²) in [6.07, 6.45) is 0.342. The van der Waals surface area contributed by atoms with Crippen molar-refractivity contribution in [2.75, 3.05) is 38.2 Å². The van der Waals surface area contributed by atoms with E-state index in [1.165, 1.54) is 37.3 Å². The van der Waals surface area contributed by atoms with Crippen molar-refractivity contribution in [2.45, 2.75) is 51.6 Å². The Hall–Kier alpha value is -4.25. The SMILES string of the molecule is CCNC(=O)C(CC)N(Cc1ccccc1C)C(=O)CN(c1ccc(OCC)cc1)S(=O)(=O)c1ccc(OC)c(OC)c1. The average molecular weight is 612 g/mol. The molecule has 0 saturated heterocycles. The molecule has 1 atom stereocenters. The van der Waals surface area contributed by atoms with Gasteiger partial charge in [0, 0.05) is 19.2 Å². The van der Waals surface area contributed by atoms with Gasteiger partial charge in [0.15, 0.2) is 11.5 Å². The molecule has 43 heavy (non-hydrogen) atoms. The number of hydrogen-bond acceptors (Lipinski definition) is 7. The lowest BCUT2D eigenvalue weighted by molar-refractivity contribution is -0.140. The van der Waals surface area contributed by atoms with E-state index in [1.54, 1.807) is 24.3 Å². The summed E-state index contributed by atoms with van der Waals surface area (Å²) in [5.74, 6) is 0.318. The van der Waals surface area contributed by atoms with Crippen molar-refractivity contribution in [3.05, 3.63) is 77.9 Å². The predicted molar refractivity (Wildman–Crippen MR) is 166 cm³/mol. The summed E-state index contributed by atoms with van der Waals surface area (Å²) in [5.41, 5.74) is 2.06. The van der Waals surface area contributed by atoms with Crippen LogP contribution in [0.3, 0.4) is 0 Å². The van der Waals surface area contributed by atoms with Crippen LogP contribution in [0, 0.1) is 6.92 Å². The second-order valence-corrected chi connectivity index (χ2v) is 11.6. The minimum atomic E-state index is -4.30. The standard InChI is InChI=1S/C32H41N3O7S/c1-7-28(32(37)33-8-2)34(21-24-13-11-10-12-23(24)4)31(36)22-35(25-14-16-26(17-15-25)42-9-3)43(38,39)27-18-19-29(40-5)30(20-27)41-6/h10-20,28H,7-9,21-22H2,1-6H3,(H,33,37). The third-order valence-electron chi connectivity index (χ3n) is 7.00. The van der Waals surface area contributed by atoms with Crippen LogP contribution >= 0.6 is 0 Å². The molecular formula is C32H41N3O7S. The number of anilines is 1. The summed E-state index contributed by atoms with van der Waals surface area (Å²) >= 11 is 0. The van der Waals surface area contributed by atoms with Crippen LogP contribution in [-0.4, -0.2) is 65.1 Å². The third kappa shape index (κ3) is 7.98. The van der Waals surface area contributed by atoms with Gasteiger partial charge in [0.25, 0.3) is 10.0 Å². The Morgan fingerprint density at radius 3 is 2.16 bits per heavy atom. The molecule has 0 radical (unpaired) electrons. The van der Waals surface area contributed by atoms with Gasteiger partial charge >= 0.3 is 0 Å². The summed E-state index contributed by atoms with van der Waals surface area (Å²) in [6, 6.07) is 17.5. The molecule has 0 aliphatic carbocycles. The van der Waals surface area contributed by atoms with Crippen LogP contribution in [0.4, 0.5) is 5.69 Å². The number of hydrogen-bond donors (Lipinski definition) is 1. The van der Waals surface area contributed by atoms with Crippen LogP contribution in [0.25, 0.3) is 0 Å². The highest BCUT2D eigenvalue weighted by molar-refractivity contribution is 7.92. The first kappa shape index (κ1) is 33.3. The lowest BCUT2D eigenvalue weighted by Crippen LogP contribution is -2.52. The van der Waals surface area contributed by atoms with Gasteiger partial charge in [-0.25, -0.2) is 8.42 Å². The van der Waals surface area contributed by atoms with E-state index in [0.29, 0.717) is 31.1 Å². The molecule has 1 unspecified atom stereocenters. The first-order valence-corrected chi connectivity index (χ1v) is 15.6. The van der Waals surface area contributed by atoms with Crippen molar-refractivity contribution in [2.24, 2.45) is 0 Å². The number of rotatable bonds is 15. The number of aryl methyl sites for hydroxylation is 1.